The van der Waals surface area contributed by atoms with Gasteiger partial charge in [0.2, 0.25) is 0 Å². The van der Waals surface area contributed by atoms with Crippen LogP contribution in [0.15, 0.2) is 152 Å². The van der Waals surface area contributed by atoms with Gasteiger partial charge in [-0.1, -0.05) is 66.7 Å². The molecule has 2 N–H and O–H groups in total. The number of nitrogens with zero attached hydrogens (tertiary/aromatic N) is 9. The van der Waals surface area contributed by atoms with Gasteiger partial charge in [-0.25, -0.2) is 24.5 Å². The number of pyridine rings is 7. The van der Waals surface area contributed by atoms with Crippen molar-refractivity contribution >= 4 is 79.4 Å². The Labute approximate surface area is 462 Å². The van der Waals surface area contributed by atoms with Crippen LogP contribution in [0.2, 0.25) is 0 Å². The zero-order valence-corrected chi connectivity index (χ0v) is 42.7. The molecule has 0 saturated heterocycles. The number of benzene rings is 2. The molecule has 0 aliphatic carbocycles. The van der Waals surface area contributed by atoms with Crippen molar-refractivity contribution in [1.82, 2.24) is 34.9 Å². The van der Waals surface area contributed by atoms with E-state index in [-0.39, 0.29) is 88.2 Å². The second-order valence-electron chi connectivity index (χ2n) is 12.9. The quantitative estimate of drug-likeness (QED) is 0.134. The molecule has 0 aliphatic heterocycles. The molecule has 2 aromatic carbocycles. The molecule has 9 aromatic rings. The van der Waals surface area contributed by atoms with Crippen molar-refractivity contribution in [3.05, 3.63) is 217 Å². The van der Waals surface area contributed by atoms with Gasteiger partial charge in [0, 0.05) is 46.3 Å². The van der Waals surface area contributed by atoms with Crippen molar-refractivity contribution in [2.45, 2.75) is 0 Å². The Morgan fingerprint density at radius 2 is 0.527 bits per heavy atom. The normalized spacial score (nSPS) is 9.30. The topological polar surface area (TPSA) is 458 Å². The maximum atomic E-state index is 10.3. The van der Waals surface area contributed by atoms with E-state index in [0.29, 0.717) is 0 Å². The van der Waals surface area contributed by atoms with E-state index in [1.165, 1.54) is 42.5 Å². The van der Waals surface area contributed by atoms with E-state index in [1.54, 1.807) is 24.8 Å². The summed E-state index contributed by atoms with van der Waals surface area (Å²) in [7, 11) is 0. The smallest absolute Gasteiger partial charge is 0.543 e. The summed E-state index contributed by atoms with van der Waals surface area (Å²) in [6, 6.07) is 35.1. The predicted octanol–water partition coefficient (Wildman–Crippen LogP) is 1.18. The number of carbonyl (C=O) groups excluding carboxylic acids is 4. The SMILES string of the molecule is O=C([O-])c1cccc(C(=O)O)n1.O=C([O-])c1cccc(C(=O)O)n1.O=C([O-])c1cccc(C(=O)[O-])n1.O=[N+]([O-])[O-].O=[N+]([O-])[O-].[Y+3].[Y+3].c1cnc2c(c1)ccc1cccnc12.c1cnc2c(c1)ccc1cccnc12. The molecule has 0 spiro atoms. The molecule has 0 fully saturated rings. The van der Waals surface area contributed by atoms with E-state index in [2.05, 4.69) is 83.4 Å². The molecular weight excluding hydrogens is 1130 g/mol. The van der Waals surface area contributed by atoms with Crippen LogP contribution in [-0.4, -0.2) is 91.1 Å². The van der Waals surface area contributed by atoms with Crippen molar-refractivity contribution in [2.24, 2.45) is 0 Å². The van der Waals surface area contributed by atoms with Crippen LogP contribution in [0.5, 0.6) is 0 Å². The Kier molecular flexibility index (Phi) is 27.3. The van der Waals surface area contributed by atoms with Crippen LogP contribution in [0.4, 0.5) is 0 Å². The van der Waals surface area contributed by atoms with Crippen molar-refractivity contribution in [3.63, 3.8) is 0 Å². The fourth-order valence-electron chi connectivity index (χ4n) is 5.36. The van der Waals surface area contributed by atoms with E-state index in [0.717, 1.165) is 55.7 Å². The molecule has 366 valence electrons. The number of aromatic carboxylic acids is 6. The number of carbonyl (C=O) groups is 6. The summed E-state index contributed by atoms with van der Waals surface area (Å²) in [4.78, 5) is 105. The predicted molar refractivity (Wildman–Crippen MR) is 239 cm³/mol. The third kappa shape index (κ3) is 21.1. The number of aromatic nitrogens is 7. The first-order valence-corrected chi connectivity index (χ1v) is 19.2. The van der Waals surface area contributed by atoms with Gasteiger partial charge in [0.15, 0.2) is 0 Å². The van der Waals surface area contributed by atoms with Gasteiger partial charge in [0.05, 0.1) is 78.9 Å². The number of rotatable bonds is 6. The van der Waals surface area contributed by atoms with Crippen LogP contribution < -0.4 is 20.4 Å². The molecule has 0 radical (unpaired) electrons. The Morgan fingerprint density at radius 1 is 0.338 bits per heavy atom. The van der Waals surface area contributed by atoms with Gasteiger partial charge in [-0.05, 0) is 60.7 Å². The maximum absolute atomic E-state index is 10.3. The van der Waals surface area contributed by atoms with Crippen molar-refractivity contribution in [2.75, 3.05) is 0 Å². The van der Waals surface area contributed by atoms with E-state index >= 15 is 0 Å². The standard InChI is InChI=1S/2C12H8N2.3C7H5NO4.2NO3.2Y/c2*1-3-9-5-6-10-4-2-8-14-12(10)11(9)13-7-1;3*9-6(10)4-2-1-3-5(8-4)7(11)12;2*2-1(3)4;;/h2*1-8H;3*1-3H,(H,9,10)(H,11,12);;;;/q;;;;;2*-1;2*+3/p-4. The fourth-order valence-corrected chi connectivity index (χ4v) is 5.36. The summed E-state index contributed by atoms with van der Waals surface area (Å²) >= 11 is 0. The molecule has 0 saturated carbocycles. The Hall–Kier alpha value is -9.04. The molecule has 7 aromatic heterocycles. The van der Waals surface area contributed by atoms with Crippen LogP contribution in [0, 0.1) is 30.6 Å². The summed E-state index contributed by atoms with van der Waals surface area (Å²) in [5, 5.41) is 91.7. The number of fused-ring (bicyclic) bond motifs is 6. The van der Waals surface area contributed by atoms with E-state index in [9.17, 15) is 49.2 Å². The zero-order valence-electron chi connectivity index (χ0n) is 37.0. The third-order valence-corrected chi connectivity index (χ3v) is 8.21. The third-order valence-electron chi connectivity index (χ3n) is 8.21. The molecule has 27 nitrogen and oxygen atoms in total. The van der Waals surface area contributed by atoms with Crippen molar-refractivity contribution in [3.8, 4) is 0 Å². The molecule has 74 heavy (non-hydrogen) atoms. The Balaban J connectivity index is 0.000000444. The monoisotopic (exact) mass is 1160 g/mol. The molecule has 0 unspecified atom stereocenters. The van der Waals surface area contributed by atoms with Crippen LogP contribution in [0.1, 0.15) is 62.9 Å². The summed E-state index contributed by atoms with van der Waals surface area (Å²) < 4.78 is 0. The molecule has 7 heterocycles. The van der Waals surface area contributed by atoms with Gasteiger partial charge in [-0.3, -0.25) is 19.9 Å². The molecule has 0 bridgehead atoms. The fraction of sp³-hybridized carbons (Fsp3) is 0. The molecule has 0 amide bonds. The van der Waals surface area contributed by atoms with E-state index < -0.39 is 57.4 Å². The van der Waals surface area contributed by atoms with Crippen LogP contribution in [-0.2, 0) is 65.4 Å². The minimum atomic E-state index is -1.75. The molecule has 9 rings (SSSR count). The molecule has 0 aliphatic rings. The van der Waals surface area contributed by atoms with E-state index in [4.69, 9.17) is 40.9 Å². The molecular formula is C45H27N9O18Y2. The van der Waals surface area contributed by atoms with Gasteiger partial charge in [0.25, 0.3) is 0 Å². The average Bonchev–Trinajstić information content (AvgIpc) is 3.37. The summed E-state index contributed by atoms with van der Waals surface area (Å²) in [6.45, 7) is 0. The number of hydrogen-bond acceptors (Lipinski definition) is 23. The maximum Gasteiger partial charge on any atom is 3.00 e. The van der Waals surface area contributed by atoms with Gasteiger partial charge in [-0.2, -0.15) is 0 Å². The first-order chi connectivity index (χ1) is 34.2. The first kappa shape index (κ1) is 63.0. The van der Waals surface area contributed by atoms with Gasteiger partial charge in [0.1, 0.15) is 11.4 Å². The van der Waals surface area contributed by atoms with Gasteiger partial charge < -0.3 is 80.5 Å². The van der Waals surface area contributed by atoms with Crippen LogP contribution in [0.25, 0.3) is 43.6 Å². The second-order valence-corrected chi connectivity index (χ2v) is 12.9. The zero-order chi connectivity index (χ0) is 53.3. The second kappa shape index (κ2) is 32.0. The number of carboxylic acid groups (broad SMARTS) is 6. The largest absolute Gasteiger partial charge is 3.00 e. The first-order valence-electron chi connectivity index (χ1n) is 19.2. The summed E-state index contributed by atoms with van der Waals surface area (Å²) in [5.74, 6) is -8.54. The minimum absolute atomic E-state index is 0. The van der Waals surface area contributed by atoms with Gasteiger partial charge in [-0.15, -0.1) is 0 Å². The number of hydrogen-bond donors (Lipinski definition) is 2. The van der Waals surface area contributed by atoms with Crippen molar-refractivity contribution in [1.29, 1.82) is 0 Å². The summed E-state index contributed by atoms with van der Waals surface area (Å²) in [6.07, 6.45) is 7.21. The molecule has 0 atom stereocenters. The number of carboxylic acids is 6. The minimum Gasteiger partial charge on any atom is -0.543 e. The van der Waals surface area contributed by atoms with Crippen LogP contribution >= 0.6 is 0 Å². The molecule has 29 heteroatoms. The van der Waals surface area contributed by atoms with Crippen LogP contribution in [0.3, 0.4) is 0 Å². The van der Waals surface area contributed by atoms with E-state index in [1.807, 2.05) is 24.3 Å². The Bertz CT molecular complexity index is 2940. The van der Waals surface area contributed by atoms with Crippen molar-refractivity contribution < 1.29 is 135 Å². The summed E-state index contributed by atoms with van der Waals surface area (Å²) in [5.41, 5.74) is 1.69. The van der Waals surface area contributed by atoms with Gasteiger partial charge >= 0.3 is 77.4 Å². The Morgan fingerprint density at radius 3 is 0.716 bits per heavy atom. The average molecular weight is 1160 g/mol.